The zero-order chi connectivity index (χ0) is 16.4. The van der Waals surface area contributed by atoms with Gasteiger partial charge in [0, 0.05) is 5.38 Å². The fraction of sp³-hybridized carbons (Fsp3) is 0.375. The first-order valence-electron chi connectivity index (χ1n) is 7.29. The summed E-state index contributed by atoms with van der Waals surface area (Å²) in [4.78, 5) is 16.3. The van der Waals surface area contributed by atoms with Crippen LogP contribution in [0.1, 0.15) is 34.9 Å². The predicted octanol–water partition coefficient (Wildman–Crippen LogP) is 2.53. The molecule has 1 aromatic carbocycles. The zero-order valence-electron chi connectivity index (χ0n) is 12.5. The van der Waals surface area contributed by atoms with E-state index in [0.29, 0.717) is 24.1 Å². The van der Waals surface area contributed by atoms with Gasteiger partial charge in [0.25, 0.3) is 5.91 Å². The highest BCUT2D eigenvalue weighted by molar-refractivity contribution is 7.07. The van der Waals surface area contributed by atoms with Crippen molar-refractivity contribution in [2.45, 2.75) is 25.0 Å². The van der Waals surface area contributed by atoms with Gasteiger partial charge in [0.1, 0.15) is 5.69 Å². The number of halogens is 1. The van der Waals surface area contributed by atoms with Gasteiger partial charge in [0.05, 0.1) is 24.8 Å². The van der Waals surface area contributed by atoms with Gasteiger partial charge < -0.3 is 15.2 Å². The maximum atomic E-state index is 14.0. The van der Waals surface area contributed by atoms with Crippen LogP contribution < -0.4 is 10.1 Å². The Balaban J connectivity index is 1.83. The van der Waals surface area contributed by atoms with E-state index in [1.165, 1.54) is 24.5 Å². The largest absolute Gasteiger partial charge is 0.494 e. The van der Waals surface area contributed by atoms with Crippen molar-refractivity contribution in [1.82, 2.24) is 10.3 Å². The van der Waals surface area contributed by atoms with E-state index in [2.05, 4.69) is 10.3 Å². The Hall–Kier alpha value is -1.99. The lowest BCUT2D eigenvalue weighted by atomic mass is 9.75. The minimum absolute atomic E-state index is 0.0698. The Labute approximate surface area is 137 Å². The summed E-state index contributed by atoms with van der Waals surface area (Å²) in [6, 6.07) is 4.28. The van der Waals surface area contributed by atoms with Crippen LogP contribution in [0.25, 0.3) is 0 Å². The van der Waals surface area contributed by atoms with E-state index < -0.39 is 5.82 Å². The lowest BCUT2D eigenvalue weighted by molar-refractivity contribution is 0.0234. The monoisotopic (exact) mass is 336 g/mol. The highest BCUT2D eigenvalue weighted by atomic mass is 32.1. The van der Waals surface area contributed by atoms with Gasteiger partial charge in [-0.1, -0.05) is 6.07 Å². The molecule has 5 nitrogen and oxygen atoms in total. The van der Waals surface area contributed by atoms with Crippen LogP contribution >= 0.6 is 11.3 Å². The van der Waals surface area contributed by atoms with Gasteiger partial charge in [-0.2, -0.15) is 0 Å². The Morgan fingerprint density at radius 3 is 2.87 bits per heavy atom. The molecular weight excluding hydrogens is 319 g/mol. The number of hydrogen-bond acceptors (Lipinski definition) is 5. The second-order valence-corrected chi connectivity index (χ2v) is 6.32. The topological polar surface area (TPSA) is 71.5 Å². The maximum absolute atomic E-state index is 14.0. The van der Waals surface area contributed by atoms with Crippen molar-refractivity contribution in [3.63, 3.8) is 0 Å². The van der Waals surface area contributed by atoms with Crippen LogP contribution in [0.5, 0.6) is 5.75 Å². The number of hydrogen-bond donors (Lipinski definition) is 2. The van der Waals surface area contributed by atoms with Gasteiger partial charge in [-0.15, -0.1) is 11.3 Å². The number of aliphatic hydroxyl groups is 1. The second kappa shape index (κ2) is 6.64. The van der Waals surface area contributed by atoms with Crippen molar-refractivity contribution < 1.29 is 19.0 Å². The van der Waals surface area contributed by atoms with E-state index in [1.54, 1.807) is 23.0 Å². The van der Waals surface area contributed by atoms with E-state index in [0.717, 1.165) is 0 Å². The molecule has 23 heavy (non-hydrogen) atoms. The summed E-state index contributed by atoms with van der Waals surface area (Å²) in [6.45, 7) is 0. The molecule has 122 valence electrons. The van der Waals surface area contributed by atoms with E-state index in [-0.39, 0.29) is 29.7 Å². The smallest absolute Gasteiger partial charge is 0.271 e. The van der Waals surface area contributed by atoms with Crippen molar-refractivity contribution in [3.05, 3.63) is 46.2 Å². The van der Waals surface area contributed by atoms with Gasteiger partial charge in [0.15, 0.2) is 11.6 Å². The molecule has 1 aliphatic carbocycles. The molecule has 0 unspecified atom stereocenters. The third kappa shape index (κ3) is 3.35. The van der Waals surface area contributed by atoms with Gasteiger partial charge in [-0.3, -0.25) is 4.79 Å². The molecule has 7 heteroatoms. The molecular formula is C16H17FN2O3S. The van der Waals surface area contributed by atoms with Crippen LogP contribution in [0.4, 0.5) is 4.39 Å². The number of rotatable bonds is 5. The summed E-state index contributed by atoms with van der Waals surface area (Å²) < 4.78 is 18.9. The lowest BCUT2D eigenvalue weighted by Crippen LogP contribution is -2.41. The molecule has 3 rings (SSSR count). The first-order chi connectivity index (χ1) is 11.1. The summed E-state index contributed by atoms with van der Waals surface area (Å²) in [5.41, 5.74) is 2.59. The molecule has 2 aromatic rings. The number of aliphatic hydroxyl groups excluding tert-OH is 1. The fourth-order valence-corrected chi connectivity index (χ4v) is 3.32. The maximum Gasteiger partial charge on any atom is 0.271 e. The first kappa shape index (κ1) is 15.9. The minimum Gasteiger partial charge on any atom is -0.494 e. The minimum atomic E-state index is -0.474. The molecule has 0 saturated heterocycles. The molecule has 1 saturated carbocycles. The molecule has 0 radical (unpaired) electrons. The Kier molecular flexibility index (Phi) is 4.58. The van der Waals surface area contributed by atoms with Crippen molar-refractivity contribution in [1.29, 1.82) is 0 Å². The van der Waals surface area contributed by atoms with Crippen molar-refractivity contribution in [2.24, 2.45) is 5.92 Å². The summed E-state index contributed by atoms with van der Waals surface area (Å²) in [7, 11) is 1.40. The fourth-order valence-electron chi connectivity index (χ4n) is 2.79. The summed E-state index contributed by atoms with van der Waals surface area (Å²) in [5.74, 6) is -0.543. The molecule has 1 amide bonds. The number of methoxy groups -OCH3 is 1. The van der Waals surface area contributed by atoms with Gasteiger partial charge in [-0.25, -0.2) is 9.37 Å². The number of nitrogens with one attached hydrogen (secondary N) is 1. The van der Waals surface area contributed by atoms with Crippen LogP contribution in [0, 0.1) is 11.7 Å². The first-order valence-corrected chi connectivity index (χ1v) is 8.23. The average molecular weight is 336 g/mol. The van der Waals surface area contributed by atoms with E-state index in [4.69, 9.17) is 4.74 Å². The van der Waals surface area contributed by atoms with Crippen molar-refractivity contribution in [3.8, 4) is 5.75 Å². The van der Waals surface area contributed by atoms with Crippen LogP contribution in [0.2, 0.25) is 0 Å². The van der Waals surface area contributed by atoms with Gasteiger partial charge in [0.2, 0.25) is 0 Å². The van der Waals surface area contributed by atoms with Crippen LogP contribution in [0.3, 0.4) is 0 Å². The normalized spacial score (nSPS) is 21.3. The SMILES string of the molecule is COc1ccc([C@@H](NC(=O)c2cscn2)C2CC(O)C2)cc1F. The van der Waals surface area contributed by atoms with Gasteiger partial charge in [-0.05, 0) is 36.5 Å². The van der Waals surface area contributed by atoms with Crippen LogP contribution in [-0.4, -0.2) is 29.2 Å². The summed E-state index contributed by atoms with van der Waals surface area (Å²) in [6.07, 6.45) is 0.799. The van der Waals surface area contributed by atoms with E-state index >= 15 is 0 Å². The summed E-state index contributed by atoms with van der Waals surface area (Å²) in [5, 5.41) is 14.1. The highest BCUT2D eigenvalue weighted by Gasteiger charge is 2.36. The molecule has 1 aromatic heterocycles. The number of nitrogens with zero attached hydrogens (tertiary/aromatic N) is 1. The van der Waals surface area contributed by atoms with E-state index in [1.807, 2.05) is 0 Å². The standard InChI is InChI=1S/C16H17FN2O3S/c1-22-14-3-2-9(6-12(14)17)15(10-4-11(20)5-10)19-16(21)13-7-23-8-18-13/h2-3,6-8,10-11,15,20H,4-5H2,1H3,(H,19,21)/t10?,11?,15-/m1/s1. The lowest BCUT2D eigenvalue weighted by Gasteiger charge is -2.38. The number of carbonyl (C=O) groups excluding carboxylic acids is 1. The quantitative estimate of drug-likeness (QED) is 0.880. The number of amides is 1. The molecule has 0 bridgehead atoms. The molecule has 1 fully saturated rings. The summed E-state index contributed by atoms with van der Waals surface area (Å²) >= 11 is 1.34. The van der Waals surface area contributed by atoms with E-state index in [9.17, 15) is 14.3 Å². The Bertz CT molecular complexity index is 687. The molecule has 2 N–H and O–H groups in total. The molecule has 1 atom stereocenters. The van der Waals surface area contributed by atoms with Crippen molar-refractivity contribution in [2.75, 3.05) is 7.11 Å². The third-order valence-corrected chi connectivity index (χ3v) is 4.69. The third-order valence-electron chi connectivity index (χ3n) is 4.11. The number of thiazole rings is 1. The van der Waals surface area contributed by atoms with Gasteiger partial charge >= 0.3 is 0 Å². The molecule has 1 heterocycles. The highest BCUT2D eigenvalue weighted by Crippen LogP contribution is 2.39. The van der Waals surface area contributed by atoms with Crippen LogP contribution in [0.15, 0.2) is 29.1 Å². The number of benzene rings is 1. The number of aromatic nitrogens is 1. The molecule has 1 aliphatic rings. The Morgan fingerprint density at radius 2 is 2.30 bits per heavy atom. The predicted molar refractivity (Wildman–Crippen MR) is 84.0 cm³/mol. The Morgan fingerprint density at radius 1 is 1.52 bits per heavy atom. The van der Waals surface area contributed by atoms with Crippen LogP contribution in [-0.2, 0) is 0 Å². The number of carbonyl (C=O) groups is 1. The van der Waals surface area contributed by atoms with Crippen molar-refractivity contribution >= 4 is 17.2 Å². The second-order valence-electron chi connectivity index (χ2n) is 5.60. The molecule has 0 spiro atoms. The zero-order valence-corrected chi connectivity index (χ0v) is 13.3. The average Bonchev–Trinajstić information content (AvgIpc) is 3.04. The number of ether oxygens (including phenoxy) is 1. The molecule has 0 aliphatic heterocycles.